The zero-order valence-corrected chi connectivity index (χ0v) is 11.0. The molecule has 1 amide bonds. The van der Waals surface area contributed by atoms with Crippen LogP contribution in [-0.2, 0) is 9.53 Å². The molecule has 2 atom stereocenters. The first-order chi connectivity index (χ1) is 8.22. The van der Waals surface area contributed by atoms with Crippen LogP contribution in [0, 0.1) is 0 Å². The highest BCUT2D eigenvalue weighted by atomic mass is 16.5. The Kier molecular flexibility index (Phi) is 4.40. The second kappa shape index (κ2) is 5.83. The van der Waals surface area contributed by atoms with Crippen LogP contribution in [0.15, 0.2) is 0 Å². The molecule has 0 N–H and O–H groups in total. The minimum absolute atomic E-state index is 0.149. The number of nitrogens with zero attached hydrogens (tertiary/aromatic N) is 2. The van der Waals surface area contributed by atoms with Gasteiger partial charge in [0, 0.05) is 26.2 Å². The standard InChI is InChI=1S/C13H24N2O2/c1-11(17-2)13(16)15-9-5-6-12(10-15)14-7-3-4-8-14/h11-12H,3-10H2,1-2H3. The van der Waals surface area contributed by atoms with Gasteiger partial charge in [-0.25, -0.2) is 0 Å². The second-order valence-corrected chi connectivity index (χ2v) is 5.20. The van der Waals surface area contributed by atoms with Gasteiger partial charge in [-0.2, -0.15) is 0 Å². The Balaban J connectivity index is 1.89. The van der Waals surface area contributed by atoms with Gasteiger partial charge in [-0.1, -0.05) is 0 Å². The van der Waals surface area contributed by atoms with Gasteiger partial charge < -0.3 is 9.64 Å². The average molecular weight is 240 g/mol. The number of ether oxygens (including phenoxy) is 1. The van der Waals surface area contributed by atoms with Crippen molar-refractivity contribution in [2.75, 3.05) is 33.3 Å². The molecule has 0 aromatic carbocycles. The summed E-state index contributed by atoms with van der Waals surface area (Å²) < 4.78 is 5.12. The van der Waals surface area contributed by atoms with E-state index >= 15 is 0 Å². The van der Waals surface area contributed by atoms with Crippen LogP contribution in [0.5, 0.6) is 0 Å². The maximum absolute atomic E-state index is 12.1. The summed E-state index contributed by atoms with van der Waals surface area (Å²) in [6, 6.07) is 0.583. The SMILES string of the molecule is COC(C)C(=O)N1CCCC(N2CCCC2)C1. The van der Waals surface area contributed by atoms with Crippen LogP contribution >= 0.6 is 0 Å². The molecule has 2 aliphatic heterocycles. The van der Waals surface area contributed by atoms with Gasteiger partial charge in [0.15, 0.2) is 0 Å². The van der Waals surface area contributed by atoms with Gasteiger partial charge in [-0.3, -0.25) is 9.69 Å². The van der Waals surface area contributed by atoms with E-state index < -0.39 is 0 Å². The summed E-state index contributed by atoms with van der Waals surface area (Å²) in [6.07, 6.45) is 4.71. The van der Waals surface area contributed by atoms with Gasteiger partial charge in [0.25, 0.3) is 5.91 Å². The van der Waals surface area contributed by atoms with Gasteiger partial charge in [0.1, 0.15) is 6.10 Å². The van der Waals surface area contributed by atoms with Crippen molar-refractivity contribution >= 4 is 5.91 Å². The zero-order valence-electron chi connectivity index (χ0n) is 11.0. The second-order valence-electron chi connectivity index (χ2n) is 5.20. The molecule has 2 aliphatic rings. The van der Waals surface area contributed by atoms with E-state index in [9.17, 15) is 4.79 Å². The van der Waals surface area contributed by atoms with E-state index in [1.165, 1.54) is 32.4 Å². The van der Waals surface area contributed by atoms with Crippen LogP contribution in [0.25, 0.3) is 0 Å². The Morgan fingerprint density at radius 2 is 1.94 bits per heavy atom. The number of likely N-dealkylation sites (tertiary alicyclic amines) is 2. The largest absolute Gasteiger partial charge is 0.372 e. The predicted molar refractivity (Wildman–Crippen MR) is 66.9 cm³/mol. The van der Waals surface area contributed by atoms with Crippen LogP contribution in [0.1, 0.15) is 32.6 Å². The lowest BCUT2D eigenvalue weighted by Gasteiger charge is -2.38. The maximum Gasteiger partial charge on any atom is 0.251 e. The molecule has 0 radical (unpaired) electrons. The van der Waals surface area contributed by atoms with Crippen molar-refractivity contribution in [2.24, 2.45) is 0 Å². The van der Waals surface area contributed by atoms with E-state index in [4.69, 9.17) is 4.74 Å². The molecule has 2 saturated heterocycles. The lowest BCUT2D eigenvalue weighted by atomic mass is 10.0. The first-order valence-corrected chi connectivity index (χ1v) is 6.78. The van der Waals surface area contributed by atoms with Crippen molar-refractivity contribution in [2.45, 2.75) is 44.8 Å². The minimum Gasteiger partial charge on any atom is -0.372 e. The molecule has 4 nitrogen and oxygen atoms in total. The fourth-order valence-electron chi connectivity index (χ4n) is 2.92. The summed E-state index contributed by atoms with van der Waals surface area (Å²) in [7, 11) is 1.60. The van der Waals surface area contributed by atoms with Gasteiger partial charge in [-0.15, -0.1) is 0 Å². The van der Waals surface area contributed by atoms with Crippen molar-refractivity contribution in [3.05, 3.63) is 0 Å². The molecule has 2 fully saturated rings. The Morgan fingerprint density at radius 1 is 1.24 bits per heavy atom. The molecule has 17 heavy (non-hydrogen) atoms. The Labute approximate surface area is 104 Å². The molecule has 4 heteroatoms. The quantitative estimate of drug-likeness (QED) is 0.741. The van der Waals surface area contributed by atoms with Crippen LogP contribution in [0.3, 0.4) is 0 Å². The fraction of sp³-hybridized carbons (Fsp3) is 0.923. The summed E-state index contributed by atoms with van der Waals surface area (Å²) >= 11 is 0. The summed E-state index contributed by atoms with van der Waals surface area (Å²) in [6.45, 7) is 6.06. The van der Waals surface area contributed by atoms with Crippen molar-refractivity contribution in [1.82, 2.24) is 9.80 Å². The van der Waals surface area contributed by atoms with Crippen molar-refractivity contribution in [1.29, 1.82) is 0 Å². The number of carbonyl (C=O) groups is 1. The van der Waals surface area contributed by atoms with E-state index in [1.807, 2.05) is 11.8 Å². The highest BCUT2D eigenvalue weighted by molar-refractivity contribution is 5.80. The molecule has 0 saturated carbocycles. The monoisotopic (exact) mass is 240 g/mol. The molecular weight excluding hydrogens is 216 g/mol. The highest BCUT2D eigenvalue weighted by Crippen LogP contribution is 2.21. The number of carbonyl (C=O) groups excluding carboxylic acids is 1. The Bertz CT molecular complexity index is 264. The normalized spacial score (nSPS) is 28.4. The molecular formula is C13H24N2O2. The summed E-state index contributed by atoms with van der Waals surface area (Å²) in [4.78, 5) is 16.6. The number of piperidine rings is 1. The molecule has 2 heterocycles. The van der Waals surface area contributed by atoms with E-state index in [2.05, 4.69) is 4.90 Å². The van der Waals surface area contributed by atoms with Crippen molar-refractivity contribution in [3.63, 3.8) is 0 Å². The van der Waals surface area contributed by atoms with Crippen molar-refractivity contribution in [3.8, 4) is 0 Å². The third-order valence-electron chi connectivity index (χ3n) is 4.07. The van der Waals surface area contributed by atoms with Crippen LogP contribution in [0.4, 0.5) is 0 Å². The Hall–Kier alpha value is -0.610. The number of rotatable bonds is 3. The third kappa shape index (κ3) is 2.99. The number of methoxy groups -OCH3 is 1. The van der Waals surface area contributed by atoms with Gasteiger partial charge >= 0.3 is 0 Å². The first kappa shape index (κ1) is 12.8. The fourth-order valence-corrected chi connectivity index (χ4v) is 2.92. The van der Waals surface area contributed by atoms with Crippen LogP contribution in [0.2, 0.25) is 0 Å². The van der Waals surface area contributed by atoms with Gasteiger partial charge in [0.2, 0.25) is 0 Å². The number of hydrogen-bond donors (Lipinski definition) is 0. The minimum atomic E-state index is -0.299. The maximum atomic E-state index is 12.1. The molecule has 0 aliphatic carbocycles. The van der Waals surface area contributed by atoms with E-state index in [-0.39, 0.29) is 12.0 Å². The molecule has 2 unspecified atom stereocenters. The van der Waals surface area contributed by atoms with Crippen LogP contribution in [-0.4, -0.2) is 61.1 Å². The summed E-state index contributed by atoms with van der Waals surface area (Å²) in [5, 5.41) is 0. The topological polar surface area (TPSA) is 32.8 Å². The molecule has 0 aromatic heterocycles. The van der Waals surface area contributed by atoms with Gasteiger partial charge in [0.05, 0.1) is 0 Å². The summed E-state index contributed by atoms with van der Waals surface area (Å²) in [5.41, 5.74) is 0. The lowest BCUT2D eigenvalue weighted by Crippen LogP contribution is -2.51. The lowest BCUT2D eigenvalue weighted by molar-refractivity contribution is -0.143. The number of hydrogen-bond acceptors (Lipinski definition) is 3. The van der Waals surface area contributed by atoms with E-state index in [0.717, 1.165) is 19.5 Å². The molecule has 98 valence electrons. The predicted octanol–water partition coefficient (Wildman–Crippen LogP) is 1.11. The van der Waals surface area contributed by atoms with Gasteiger partial charge in [-0.05, 0) is 45.7 Å². The molecule has 0 bridgehead atoms. The summed E-state index contributed by atoms with van der Waals surface area (Å²) in [5.74, 6) is 0.149. The smallest absolute Gasteiger partial charge is 0.251 e. The number of amides is 1. The van der Waals surface area contributed by atoms with Crippen LogP contribution < -0.4 is 0 Å². The van der Waals surface area contributed by atoms with Crippen molar-refractivity contribution < 1.29 is 9.53 Å². The molecule has 0 aromatic rings. The average Bonchev–Trinajstić information content (AvgIpc) is 2.91. The zero-order chi connectivity index (χ0) is 12.3. The van der Waals surface area contributed by atoms with E-state index in [0.29, 0.717) is 6.04 Å². The third-order valence-corrected chi connectivity index (χ3v) is 4.07. The molecule has 0 spiro atoms. The molecule has 2 rings (SSSR count). The van der Waals surface area contributed by atoms with E-state index in [1.54, 1.807) is 7.11 Å². The first-order valence-electron chi connectivity index (χ1n) is 6.78. The Morgan fingerprint density at radius 3 is 2.59 bits per heavy atom. The highest BCUT2D eigenvalue weighted by Gasteiger charge is 2.30.